The number of nitrogens with one attached hydrogen (secondary N) is 1. The van der Waals surface area contributed by atoms with Crippen LogP contribution in [0.2, 0.25) is 0 Å². The summed E-state index contributed by atoms with van der Waals surface area (Å²) >= 11 is 0. The predicted molar refractivity (Wildman–Crippen MR) is 99.4 cm³/mol. The molecule has 8 nitrogen and oxygen atoms in total. The fraction of sp³-hybridized carbons (Fsp3) is 0.500. The zero-order chi connectivity index (χ0) is 18.8. The molecule has 0 unspecified atom stereocenters. The second kappa shape index (κ2) is 7.33. The van der Waals surface area contributed by atoms with Crippen molar-refractivity contribution in [2.24, 2.45) is 0 Å². The van der Waals surface area contributed by atoms with Crippen LogP contribution in [0.1, 0.15) is 18.7 Å². The Balaban J connectivity index is 1.70. The molecule has 1 atom stereocenters. The van der Waals surface area contributed by atoms with Gasteiger partial charge in [-0.3, -0.25) is 19.3 Å². The average molecular weight is 360 g/mol. The van der Waals surface area contributed by atoms with Crippen molar-refractivity contribution in [2.75, 3.05) is 57.0 Å². The topological polar surface area (TPSA) is 86.1 Å². The monoisotopic (exact) mass is 360 g/mol. The van der Waals surface area contributed by atoms with Crippen molar-refractivity contribution in [1.82, 2.24) is 9.80 Å². The van der Waals surface area contributed by atoms with Crippen molar-refractivity contribution in [3.05, 3.63) is 44.6 Å². The zero-order valence-electron chi connectivity index (χ0n) is 15.3. The molecule has 1 amide bonds. The quantitative estimate of drug-likeness (QED) is 0.740. The van der Waals surface area contributed by atoms with E-state index < -0.39 is 10.9 Å². The van der Waals surface area contributed by atoms with Crippen molar-refractivity contribution in [1.29, 1.82) is 0 Å². The number of furan rings is 1. The Labute approximate surface area is 151 Å². The van der Waals surface area contributed by atoms with Crippen LogP contribution >= 0.6 is 0 Å². The summed E-state index contributed by atoms with van der Waals surface area (Å²) in [7, 11) is 3.86. The molecule has 0 spiro atoms. The fourth-order valence-electron chi connectivity index (χ4n) is 3.31. The van der Waals surface area contributed by atoms with E-state index in [0.29, 0.717) is 44.1 Å². The maximum Gasteiger partial charge on any atom is 0.253 e. The van der Waals surface area contributed by atoms with E-state index in [4.69, 9.17) is 4.42 Å². The summed E-state index contributed by atoms with van der Waals surface area (Å²) in [6.07, 6.45) is 1.61. The number of hydrogen-bond acceptors (Lipinski definition) is 7. The lowest BCUT2D eigenvalue weighted by molar-refractivity contribution is -0.129. The third-order valence-corrected chi connectivity index (χ3v) is 4.89. The molecule has 1 aliphatic heterocycles. The van der Waals surface area contributed by atoms with Gasteiger partial charge < -0.3 is 19.5 Å². The molecule has 26 heavy (non-hydrogen) atoms. The van der Waals surface area contributed by atoms with Crippen LogP contribution in [-0.2, 0) is 4.79 Å². The SMILES string of the molecule is CC(=O)N1CCN(c2c(NC[C@@H](c3ccco3)N(C)C)c(=O)c2=O)CC1. The number of piperazine rings is 1. The Morgan fingerprint density at radius 1 is 1.23 bits per heavy atom. The minimum absolute atomic E-state index is 0.0280. The molecule has 1 aliphatic rings. The molecule has 2 heterocycles. The molecule has 0 saturated carbocycles. The lowest BCUT2D eigenvalue weighted by atomic mass is 10.1. The molecule has 0 bridgehead atoms. The molecule has 1 N–H and O–H groups in total. The molecule has 8 heteroatoms. The van der Waals surface area contributed by atoms with Crippen LogP contribution in [0.3, 0.4) is 0 Å². The summed E-state index contributed by atoms with van der Waals surface area (Å²) in [4.78, 5) is 41.2. The van der Waals surface area contributed by atoms with Gasteiger partial charge in [0.2, 0.25) is 5.91 Å². The lowest BCUT2D eigenvalue weighted by Crippen LogP contribution is -2.52. The van der Waals surface area contributed by atoms with E-state index in [9.17, 15) is 14.4 Å². The van der Waals surface area contributed by atoms with Crippen LogP contribution < -0.4 is 21.1 Å². The summed E-state index contributed by atoms with van der Waals surface area (Å²) in [5, 5.41) is 3.14. The number of nitrogens with zero attached hydrogens (tertiary/aromatic N) is 3. The van der Waals surface area contributed by atoms with Gasteiger partial charge in [-0.2, -0.15) is 0 Å². The molecule has 1 saturated heterocycles. The maximum atomic E-state index is 12.1. The van der Waals surface area contributed by atoms with E-state index in [1.54, 1.807) is 11.2 Å². The van der Waals surface area contributed by atoms with Crippen LogP contribution in [0.4, 0.5) is 11.4 Å². The molecule has 1 aromatic carbocycles. The van der Waals surface area contributed by atoms with E-state index in [2.05, 4.69) is 5.32 Å². The second-order valence-electron chi connectivity index (χ2n) is 6.75. The highest BCUT2D eigenvalue weighted by Gasteiger charge is 2.30. The van der Waals surface area contributed by atoms with Gasteiger partial charge in [0.25, 0.3) is 10.9 Å². The Morgan fingerprint density at radius 3 is 2.46 bits per heavy atom. The summed E-state index contributed by atoms with van der Waals surface area (Å²) in [5.74, 6) is 0.818. The maximum absolute atomic E-state index is 12.1. The van der Waals surface area contributed by atoms with Gasteiger partial charge in [-0.15, -0.1) is 0 Å². The van der Waals surface area contributed by atoms with Gasteiger partial charge in [-0.25, -0.2) is 0 Å². The van der Waals surface area contributed by atoms with Gasteiger partial charge >= 0.3 is 0 Å². The normalized spacial score (nSPS) is 16.3. The van der Waals surface area contributed by atoms with Crippen molar-refractivity contribution < 1.29 is 9.21 Å². The van der Waals surface area contributed by atoms with E-state index in [1.165, 1.54) is 6.92 Å². The minimum Gasteiger partial charge on any atom is -0.468 e. The van der Waals surface area contributed by atoms with Crippen molar-refractivity contribution >= 4 is 17.3 Å². The van der Waals surface area contributed by atoms with Gasteiger partial charge in [-0.05, 0) is 26.2 Å². The highest BCUT2D eigenvalue weighted by Crippen LogP contribution is 2.24. The molecule has 0 radical (unpaired) electrons. The van der Waals surface area contributed by atoms with Gasteiger partial charge in [0, 0.05) is 39.6 Å². The molecular weight excluding hydrogens is 336 g/mol. The summed E-state index contributed by atoms with van der Waals surface area (Å²) in [5.41, 5.74) is -0.131. The largest absolute Gasteiger partial charge is 0.468 e. The zero-order valence-corrected chi connectivity index (χ0v) is 15.3. The predicted octanol–water partition coefficient (Wildman–Crippen LogP) is 0.259. The Morgan fingerprint density at radius 2 is 1.92 bits per heavy atom. The van der Waals surface area contributed by atoms with Gasteiger partial charge in [0.1, 0.15) is 17.1 Å². The number of anilines is 2. The number of likely N-dealkylation sites (N-methyl/N-ethyl adjacent to an activating group) is 1. The third kappa shape index (κ3) is 3.37. The van der Waals surface area contributed by atoms with E-state index >= 15 is 0 Å². The first-order chi connectivity index (χ1) is 12.4. The van der Waals surface area contributed by atoms with Crippen LogP contribution in [0.5, 0.6) is 0 Å². The van der Waals surface area contributed by atoms with Crippen LogP contribution in [0, 0.1) is 0 Å². The molecule has 1 fully saturated rings. The Hall–Kier alpha value is -2.61. The first-order valence-corrected chi connectivity index (χ1v) is 8.67. The van der Waals surface area contributed by atoms with Gasteiger partial charge in [0.05, 0.1) is 12.3 Å². The van der Waals surface area contributed by atoms with Crippen molar-refractivity contribution in [2.45, 2.75) is 13.0 Å². The summed E-state index contributed by atoms with van der Waals surface area (Å²) in [6, 6.07) is 3.65. The highest BCUT2D eigenvalue weighted by molar-refractivity contribution is 5.77. The van der Waals surface area contributed by atoms with E-state index in [0.717, 1.165) is 5.76 Å². The molecule has 1 aromatic heterocycles. The molecule has 0 aliphatic carbocycles. The first-order valence-electron chi connectivity index (χ1n) is 8.67. The standard InChI is InChI=1S/C18H24N4O4/c1-12(23)21-6-8-22(9-7-21)16-15(17(24)18(16)25)19-11-13(20(2)3)14-5-4-10-26-14/h4-5,10,13,19H,6-9,11H2,1-3H3/t13-/m0/s1. The Bertz CT molecular complexity index is 828. The summed E-state index contributed by atoms with van der Waals surface area (Å²) < 4.78 is 5.47. The van der Waals surface area contributed by atoms with Crippen LogP contribution in [0.15, 0.2) is 32.4 Å². The average Bonchev–Trinajstić information content (AvgIpc) is 3.14. The van der Waals surface area contributed by atoms with Crippen LogP contribution in [-0.4, -0.2) is 62.5 Å². The Kier molecular flexibility index (Phi) is 5.13. The second-order valence-corrected chi connectivity index (χ2v) is 6.75. The van der Waals surface area contributed by atoms with Crippen molar-refractivity contribution in [3.63, 3.8) is 0 Å². The van der Waals surface area contributed by atoms with Gasteiger partial charge in [-0.1, -0.05) is 0 Å². The fourth-order valence-corrected chi connectivity index (χ4v) is 3.31. The number of amides is 1. The number of carbonyl (C=O) groups is 1. The molecule has 2 aromatic rings. The molecular formula is C18H24N4O4. The number of carbonyl (C=O) groups excluding carboxylic acids is 1. The molecule has 140 valence electrons. The highest BCUT2D eigenvalue weighted by atomic mass is 16.3. The van der Waals surface area contributed by atoms with Gasteiger partial charge in [0.15, 0.2) is 0 Å². The van der Waals surface area contributed by atoms with E-state index in [-0.39, 0.29) is 11.9 Å². The number of rotatable bonds is 6. The number of hydrogen-bond donors (Lipinski definition) is 1. The smallest absolute Gasteiger partial charge is 0.253 e. The lowest BCUT2D eigenvalue weighted by Gasteiger charge is -2.36. The van der Waals surface area contributed by atoms with Crippen LogP contribution in [0.25, 0.3) is 0 Å². The summed E-state index contributed by atoms with van der Waals surface area (Å²) in [6.45, 7) is 4.20. The van der Waals surface area contributed by atoms with E-state index in [1.807, 2.05) is 36.0 Å². The first kappa shape index (κ1) is 18.2. The minimum atomic E-state index is -0.481. The molecule has 3 rings (SSSR count). The van der Waals surface area contributed by atoms with Crippen molar-refractivity contribution in [3.8, 4) is 0 Å². The third-order valence-electron chi connectivity index (χ3n) is 4.89.